The highest BCUT2D eigenvalue weighted by molar-refractivity contribution is 5.83. The predicted octanol–water partition coefficient (Wildman–Crippen LogP) is 1.73. The van der Waals surface area contributed by atoms with Crippen molar-refractivity contribution in [3.63, 3.8) is 0 Å². The third-order valence-electron chi connectivity index (χ3n) is 5.13. The first-order valence-electron chi connectivity index (χ1n) is 8.74. The molecule has 2 aliphatic heterocycles. The summed E-state index contributed by atoms with van der Waals surface area (Å²) in [4.78, 5) is 32.2. The number of carbonyl (C=O) groups is 2. The van der Waals surface area contributed by atoms with Gasteiger partial charge in [0.15, 0.2) is 0 Å². The van der Waals surface area contributed by atoms with Gasteiger partial charge in [0.05, 0.1) is 17.6 Å². The molecular formula is C18H22N4O3. The summed E-state index contributed by atoms with van der Waals surface area (Å²) in [6.07, 6.45) is 1.58. The van der Waals surface area contributed by atoms with Crippen LogP contribution in [0.4, 0.5) is 4.79 Å². The minimum atomic E-state index is -0.391. The van der Waals surface area contributed by atoms with E-state index in [0.29, 0.717) is 19.7 Å². The molecule has 2 saturated heterocycles. The van der Waals surface area contributed by atoms with Crippen LogP contribution in [0.3, 0.4) is 0 Å². The molecule has 2 aliphatic rings. The molecule has 0 unspecified atom stereocenters. The van der Waals surface area contributed by atoms with Gasteiger partial charge in [-0.05, 0) is 25.0 Å². The number of aromatic nitrogens is 2. The van der Waals surface area contributed by atoms with Gasteiger partial charge in [0, 0.05) is 26.1 Å². The van der Waals surface area contributed by atoms with Crippen molar-refractivity contribution in [3.05, 3.63) is 30.1 Å². The number of hydrogen-bond donors (Lipinski definition) is 0. The number of para-hydroxylation sites is 2. The van der Waals surface area contributed by atoms with Crippen molar-refractivity contribution in [2.45, 2.75) is 18.8 Å². The van der Waals surface area contributed by atoms with E-state index in [1.165, 1.54) is 4.90 Å². The fraction of sp³-hybridized carbons (Fsp3) is 0.500. The van der Waals surface area contributed by atoms with Crippen molar-refractivity contribution in [1.29, 1.82) is 0 Å². The van der Waals surface area contributed by atoms with Gasteiger partial charge >= 0.3 is 6.09 Å². The number of aryl methyl sites for hydroxylation is 1. The number of hydrogen-bond acceptors (Lipinski definition) is 4. The molecule has 132 valence electrons. The molecule has 25 heavy (non-hydrogen) atoms. The van der Waals surface area contributed by atoms with Gasteiger partial charge < -0.3 is 14.2 Å². The number of nitrogens with zero attached hydrogens (tertiary/aromatic N) is 4. The van der Waals surface area contributed by atoms with Gasteiger partial charge in [-0.3, -0.25) is 9.69 Å². The number of imidazole rings is 1. The van der Waals surface area contributed by atoms with Crippen molar-refractivity contribution in [2.75, 3.05) is 32.8 Å². The lowest BCUT2D eigenvalue weighted by Gasteiger charge is -2.33. The Bertz CT molecular complexity index is 816. The maximum atomic E-state index is 12.6. The first kappa shape index (κ1) is 15.9. The normalized spacial score (nSPS) is 21.0. The minimum Gasteiger partial charge on any atom is -0.448 e. The second-order valence-corrected chi connectivity index (χ2v) is 6.73. The number of likely N-dealkylation sites (tertiary alicyclic amines) is 1. The average Bonchev–Trinajstić information content (AvgIpc) is 3.19. The predicted molar refractivity (Wildman–Crippen MR) is 92.2 cm³/mol. The molecule has 7 heteroatoms. The monoisotopic (exact) mass is 342 g/mol. The summed E-state index contributed by atoms with van der Waals surface area (Å²) in [5.41, 5.74) is 2.10. The molecule has 2 fully saturated rings. The Labute approximate surface area is 146 Å². The Hall–Kier alpha value is -2.57. The Morgan fingerprint density at radius 2 is 2.16 bits per heavy atom. The molecule has 0 bridgehead atoms. The SMILES string of the molecule is Cn1c([C@H]2CCCN(C(=O)CN3CCOC3=O)C2)nc2ccccc21. The maximum Gasteiger partial charge on any atom is 0.410 e. The molecule has 2 amide bonds. The van der Waals surface area contributed by atoms with E-state index in [0.717, 1.165) is 36.2 Å². The van der Waals surface area contributed by atoms with Crippen molar-refractivity contribution >= 4 is 23.0 Å². The van der Waals surface area contributed by atoms with E-state index in [9.17, 15) is 9.59 Å². The van der Waals surface area contributed by atoms with E-state index in [1.807, 2.05) is 30.1 Å². The van der Waals surface area contributed by atoms with E-state index in [1.54, 1.807) is 0 Å². The lowest BCUT2D eigenvalue weighted by molar-refractivity contribution is -0.133. The summed E-state index contributed by atoms with van der Waals surface area (Å²) in [7, 11) is 2.03. The van der Waals surface area contributed by atoms with Gasteiger partial charge in [0.25, 0.3) is 0 Å². The molecule has 0 radical (unpaired) electrons. The van der Waals surface area contributed by atoms with Crippen LogP contribution in [0, 0.1) is 0 Å². The second kappa shape index (κ2) is 6.38. The Morgan fingerprint density at radius 3 is 2.92 bits per heavy atom. The lowest BCUT2D eigenvalue weighted by atomic mass is 9.97. The number of benzene rings is 1. The standard InChI is InChI=1S/C18H22N4O3/c1-20-15-7-3-2-6-14(15)19-17(20)13-5-4-8-21(11-13)16(23)12-22-9-10-25-18(22)24/h2-3,6-7,13H,4-5,8-12H2,1H3/t13-/m0/s1. The summed E-state index contributed by atoms with van der Waals surface area (Å²) in [5.74, 6) is 1.24. The van der Waals surface area contributed by atoms with E-state index < -0.39 is 6.09 Å². The maximum absolute atomic E-state index is 12.6. The first-order valence-corrected chi connectivity index (χ1v) is 8.74. The Morgan fingerprint density at radius 1 is 1.32 bits per heavy atom. The van der Waals surface area contributed by atoms with Crippen molar-refractivity contribution in [2.24, 2.45) is 7.05 Å². The quantitative estimate of drug-likeness (QED) is 0.852. The zero-order valence-electron chi connectivity index (χ0n) is 14.4. The molecule has 4 rings (SSSR count). The summed E-state index contributed by atoms with van der Waals surface area (Å²) in [6, 6.07) is 8.09. The molecule has 0 N–H and O–H groups in total. The van der Waals surface area contributed by atoms with Crippen molar-refractivity contribution in [1.82, 2.24) is 19.4 Å². The zero-order chi connectivity index (χ0) is 17.4. The highest BCUT2D eigenvalue weighted by Gasteiger charge is 2.31. The average molecular weight is 342 g/mol. The Kier molecular flexibility index (Phi) is 4.07. The van der Waals surface area contributed by atoms with Gasteiger partial charge in [-0.25, -0.2) is 9.78 Å². The van der Waals surface area contributed by atoms with Crippen molar-refractivity contribution in [3.8, 4) is 0 Å². The van der Waals surface area contributed by atoms with Gasteiger partial charge in [-0.2, -0.15) is 0 Å². The van der Waals surface area contributed by atoms with Crippen molar-refractivity contribution < 1.29 is 14.3 Å². The van der Waals surface area contributed by atoms with E-state index in [2.05, 4.69) is 10.6 Å². The smallest absolute Gasteiger partial charge is 0.410 e. The van der Waals surface area contributed by atoms with Gasteiger partial charge in [-0.15, -0.1) is 0 Å². The Balaban J connectivity index is 1.49. The highest BCUT2D eigenvalue weighted by atomic mass is 16.6. The molecule has 1 atom stereocenters. The fourth-order valence-electron chi connectivity index (χ4n) is 3.78. The van der Waals surface area contributed by atoms with Crippen LogP contribution >= 0.6 is 0 Å². The molecule has 1 aromatic heterocycles. The van der Waals surface area contributed by atoms with Crippen LogP contribution in [0.2, 0.25) is 0 Å². The molecule has 1 aromatic carbocycles. The minimum absolute atomic E-state index is 0.0117. The third-order valence-corrected chi connectivity index (χ3v) is 5.13. The molecular weight excluding hydrogens is 320 g/mol. The molecule has 0 spiro atoms. The van der Waals surface area contributed by atoms with Crippen LogP contribution in [0.1, 0.15) is 24.6 Å². The summed E-state index contributed by atoms with van der Waals surface area (Å²) in [6.45, 7) is 2.36. The van der Waals surface area contributed by atoms with E-state index in [4.69, 9.17) is 9.72 Å². The highest BCUT2D eigenvalue weighted by Crippen LogP contribution is 2.28. The van der Waals surface area contributed by atoms with Gasteiger partial charge in [0.2, 0.25) is 5.91 Å². The number of piperidine rings is 1. The zero-order valence-corrected chi connectivity index (χ0v) is 14.4. The van der Waals surface area contributed by atoms with Crippen LogP contribution in [-0.2, 0) is 16.6 Å². The molecule has 2 aromatic rings. The van der Waals surface area contributed by atoms with Crippen LogP contribution in [0.15, 0.2) is 24.3 Å². The summed E-state index contributed by atoms with van der Waals surface area (Å²) >= 11 is 0. The second-order valence-electron chi connectivity index (χ2n) is 6.73. The van der Waals surface area contributed by atoms with Crippen LogP contribution in [-0.4, -0.2) is 64.1 Å². The third kappa shape index (κ3) is 2.94. The first-order chi connectivity index (χ1) is 12.1. The summed E-state index contributed by atoms with van der Waals surface area (Å²) in [5, 5.41) is 0. The molecule has 3 heterocycles. The number of amides is 2. The van der Waals surface area contributed by atoms with Crippen LogP contribution in [0.25, 0.3) is 11.0 Å². The lowest BCUT2D eigenvalue weighted by Crippen LogP contribution is -2.45. The topological polar surface area (TPSA) is 67.7 Å². The molecule has 0 aliphatic carbocycles. The largest absolute Gasteiger partial charge is 0.448 e. The van der Waals surface area contributed by atoms with Crippen LogP contribution < -0.4 is 0 Å². The number of ether oxygens (including phenoxy) is 1. The number of fused-ring (bicyclic) bond motifs is 1. The van der Waals surface area contributed by atoms with E-state index in [-0.39, 0.29) is 18.4 Å². The van der Waals surface area contributed by atoms with E-state index >= 15 is 0 Å². The molecule has 0 saturated carbocycles. The number of carbonyl (C=O) groups excluding carboxylic acids is 2. The molecule has 7 nitrogen and oxygen atoms in total. The fourth-order valence-corrected chi connectivity index (χ4v) is 3.78. The number of cyclic esters (lactones) is 1. The van der Waals surface area contributed by atoms with Crippen LogP contribution in [0.5, 0.6) is 0 Å². The summed E-state index contributed by atoms with van der Waals surface area (Å²) < 4.78 is 7.03. The van der Waals surface area contributed by atoms with Gasteiger partial charge in [-0.1, -0.05) is 12.1 Å². The number of rotatable bonds is 3. The van der Waals surface area contributed by atoms with Gasteiger partial charge in [0.1, 0.15) is 19.0 Å².